The molecule has 2 rings (SSSR count). The first kappa shape index (κ1) is 14.6. The summed E-state index contributed by atoms with van der Waals surface area (Å²) in [7, 11) is 0. The normalized spacial score (nSPS) is 12.5. The van der Waals surface area contributed by atoms with E-state index in [0.717, 1.165) is 12.1 Å². The van der Waals surface area contributed by atoms with Crippen LogP contribution >= 0.6 is 31.9 Å². The molecule has 0 bridgehead atoms. The molecule has 100 valence electrons. The van der Waals surface area contributed by atoms with Crippen LogP contribution in [0.5, 0.6) is 0 Å². The lowest BCUT2D eigenvalue weighted by Gasteiger charge is -2.16. The van der Waals surface area contributed by atoms with Crippen molar-refractivity contribution in [1.29, 1.82) is 0 Å². The fourth-order valence-electron chi connectivity index (χ4n) is 1.76. The van der Waals surface area contributed by atoms with Crippen molar-refractivity contribution in [1.82, 2.24) is 0 Å². The molecule has 0 amide bonds. The van der Waals surface area contributed by atoms with Crippen LogP contribution in [0.3, 0.4) is 0 Å². The Kier molecular flexibility index (Phi) is 4.32. The second-order valence-corrected chi connectivity index (χ2v) is 5.76. The quantitative estimate of drug-likeness (QED) is 0.786. The molecule has 1 nitrogen and oxygen atoms in total. The van der Waals surface area contributed by atoms with E-state index in [9.17, 15) is 13.2 Å². The number of halogens is 5. The van der Waals surface area contributed by atoms with Crippen LogP contribution < -0.4 is 5.73 Å². The second-order valence-electron chi connectivity index (χ2n) is 3.93. The first-order valence-electron chi connectivity index (χ1n) is 5.25. The van der Waals surface area contributed by atoms with Crippen molar-refractivity contribution in [2.24, 2.45) is 5.73 Å². The topological polar surface area (TPSA) is 26.0 Å². The third-order valence-corrected chi connectivity index (χ3v) is 3.60. The van der Waals surface area contributed by atoms with E-state index in [1.807, 2.05) is 0 Å². The van der Waals surface area contributed by atoms with Crippen molar-refractivity contribution < 1.29 is 13.2 Å². The zero-order valence-electron chi connectivity index (χ0n) is 9.43. The maximum absolute atomic E-state index is 13.8. The molecular formula is C13H8Br2F3N. The predicted octanol–water partition coefficient (Wildman–Crippen LogP) is 4.68. The zero-order chi connectivity index (χ0) is 14.2. The van der Waals surface area contributed by atoms with E-state index >= 15 is 0 Å². The van der Waals surface area contributed by atoms with Gasteiger partial charge >= 0.3 is 0 Å². The Morgan fingerprint density at radius 3 is 2.00 bits per heavy atom. The van der Waals surface area contributed by atoms with Crippen LogP contribution in [0, 0.1) is 17.5 Å². The number of hydrogen-bond acceptors (Lipinski definition) is 1. The maximum Gasteiger partial charge on any atom is 0.132 e. The van der Waals surface area contributed by atoms with Gasteiger partial charge in [-0.3, -0.25) is 0 Å². The minimum atomic E-state index is -1.22. The van der Waals surface area contributed by atoms with E-state index in [1.54, 1.807) is 0 Å². The van der Waals surface area contributed by atoms with Gasteiger partial charge in [0.05, 0.1) is 6.04 Å². The summed E-state index contributed by atoms with van der Waals surface area (Å²) in [5, 5.41) is 0. The molecule has 0 aromatic heterocycles. The molecule has 0 spiro atoms. The molecule has 0 aliphatic rings. The van der Waals surface area contributed by atoms with Crippen molar-refractivity contribution in [2.75, 3.05) is 0 Å². The summed E-state index contributed by atoms with van der Waals surface area (Å²) in [6.07, 6.45) is 0. The first-order valence-corrected chi connectivity index (χ1v) is 6.83. The van der Waals surface area contributed by atoms with Crippen molar-refractivity contribution in [3.63, 3.8) is 0 Å². The minimum Gasteiger partial charge on any atom is -0.320 e. The highest BCUT2D eigenvalue weighted by atomic mass is 79.9. The average molecular weight is 395 g/mol. The summed E-state index contributed by atoms with van der Waals surface area (Å²) in [4.78, 5) is 0. The molecular weight excluding hydrogens is 387 g/mol. The Labute approximate surface area is 124 Å². The lowest BCUT2D eigenvalue weighted by atomic mass is 9.98. The molecule has 1 atom stereocenters. The third kappa shape index (κ3) is 3.01. The molecule has 0 saturated carbocycles. The number of hydrogen-bond donors (Lipinski definition) is 1. The standard InChI is InChI=1S/C13H8Br2F3N/c14-6-1-2-9(16)8(3-6)13(19)12-10(17)4-7(15)5-11(12)18/h1-5,13H,19H2. The molecule has 0 radical (unpaired) electrons. The molecule has 0 aliphatic carbocycles. The summed E-state index contributed by atoms with van der Waals surface area (Å²) in [5.74, 6) is -2.25. The van der Waals surface area contributed by atoms with Crippen molar-refractivity contribution in [2.45, 2.75) is 6.04 Å². The van der Waals surface area contributed by atoms with Crippen LogP contribution in [0.15, 0.2) is 39.3 Å². The smallest absolute Gasteiger partial charge is 0.132 e. The van der Waals surface area contributed by atoms with Crippen LogP contribution in [0.4, 0.5) is 13.2 Å². The molecule has 2 N–H and O–H groups in total. The third-order valence-electron chi connectivity index (χ3n) is 2.65. The summed E-state index contributed by atoms with van der Waals surface area (Å²) in [6, 6.07) is 5.04. The van der Waals surface area contributed by atoms with Gasteiger partial charge in [0.2, 0.25) is 0 Å². The lowest BCUT2D eigenvalue weighted by molar-refractivity contribution is 0.531. The van der Waals surface area contributed by atoms with Gasteiger partial charge in [0.25, 0.3) is 0 Å². The van der Waals surface area contributed by atoms with Gasteiger partial charge in [0.15, 0.2) is 0 Å². The summed E-state index contributed by atoms with van der Waals surface area (Å²) in [6.45, 7) is 0. The van der Waals surface area contributed by atoms with Crippen LogP contribution in [0.1, 0.15) is 17.2 Å². The van der Waals surface area contributed by atoms with Gasteiger partial charge in [-0.2, -0.15) is 0 Å². The van der Waals surface area contributed by atoms with Gasteiger partial charge in [-0.1, -0.05) is 31.9 Å². The number of rotatable bonds is 2. The Balaban J connectivity index is 2.56. The Bertz CT molecular complexity index is 608. The van der Waals surface area contributed by atoms with Crippen LogP contribution in [0.25, 0.3) is 0 Å². The highest BCUT2D eigenvalue weighted by molar-refractivity contribution is 9.10. The van der Waals surface area contributed by atoms with E-state index in [0.29, 0.717) is 4.47 Å². The van der Waals surface area contributed by atoms with Gasteiger partial charge in [-0.25, -0.2) is 13.2 Å². The van der Waals surface area contributed by atoms with Crippen molar-refractivity contribution in [3.8, 4) is 0 Å². The summed E-state index contributed by atoms with van der Waals surface area (Å²) in [5.41, 5.74) is 5.44. The van der Waals surface area contributed by atoms with Crippen molar-refractivity contribution >= 4 is 31.9 Å². The molecule has 1 unspecified atom stereocenters. The molecule has 2 aromatic rings. The van der Waals surface area contributed by atoms with E-state index in [4.69, 9.17) is 5.73 Å². The Morgan fingerprint density at radius 1 is 0.842 bits per heavy atom. The van der Waals surface area contributed by atoms with Gasteiger partial charge in [0, 0.05) is 20.1 Å². The molecule has 0 aliphatic heterocycles. The number of nitrogens with two attached hydrogens (primary N) is 1. The lowest BCUT2D eigenvalue weighted by Crippen LogP contribution is -2.17. The van der Waals surface area contributed by atoms with E-state index in [-0.39, 0.29) is 15.6 Å². The van der Waals surface area contributed by atoms with Crippen LogP contribution in [0.2, 0.25) is 0 Å². The predicted molar refractivity (Wildman–Crippen MR) is 74.2 cm³/mol. The van der Waals surface area contributed by atoms with E-state index in [1.165, 1.54) is 18.2 Å². The van der Waals surface area contributed by atoms with E-state index in [2.05, 4.69) is 31.9 Å². The number of benzene rings is 2. The molecule has 19 heavy (non-hydrogen) atoms. The minimum absolute atomic E-state index is 0.0227. The maximum atomic E-state index is 13.8. The fourth-order valence-corrected chi connectivity index (χ4v) is 2.54. The van der Waals surface area contributed by atoms with Crippen LogP contribution in [-0.2, 0) is 0 Å². The van der Waals surface area contributed by atoms with E-state index < -0.39 is 23.5 Å². The van der Waals surface area contributed by atoms with Gasteiger partial charge < -0.3 is 5.73 Å². The zero-order valence-corrected chi connectivity index (χ0v) is 12.6. The average Bonchev–Trinajstić information content (AvgIpc) is 2.30. The van der Waals surface area contributed by atoms with Gasteiger partial charge in [0.1, 0.15) is 17.5 Å². The van der Waals surface area contributed by atoms with Gasteiger partial charge in [-0.15, -0.1) is 0 Å². The SMILES string of the molecule is NC(c1cc(Br)ccc1F)c1c(F)cc(Br)cc1F. The van der Waals surface area contributed by atoms with Crippen molar-refractivity contribution in [3.05, 3.63) is 67.9 Å². The summed E-state index contributed by atoms with van der Waals surface area (Å²) >= 11 is 6.14. The highest BCUT2D eigenvalue weighted by Gasteiger charge is 2.22. The Morgan fingerprint density at radius 2 is 1.42 bits per heavy atom. The Hall–Kier alpha value is -0.850. The molecule has 0 heterocycles. The summed E-state index contributed by atoms with van der Waals surface area (Å²) < 4.78 is 42.1. The molecule has 0 fully saturated rings. The molecule has 2 aromatic carbocycles. The monoisotopic (exact) mass is 393 g/mol. The van der Waals surface area contributed by atoms with Gasteiger partial charge in [-0.05, 0) is 30.3 Å². The molecule has 6 heteroatoms. The highest BCUT2D eigenvalue weighted by Crippen LogP contribution is 2.30. The largest absolute Gasteiger partial charge is 0.320 e. The van der Waals surface area contributed by atoms with Crippen LogP contribution in [-0.4, -0.2) is 0 Å². The second kappa shape index (κ2) is 5.64. The first-order chi connectivity index (χ1) is 8.90. The molecule has 0 saturated heterocycles. The fraction of sp³-hybridized carbons (Fsp3) is 0.0769.